The van der Waals surface area contributed by atoms with E-state index < -0.39 is 35.9 Å². The molecule has 384 valence electrons. The molecular weight excluding hydrogens is 937 g/mol. The molecule has 0 aromatic heterocycles. The van der Waals surface area contributed by atoms with Crippen molar-refractivity contribution >= 4 is 66.2 Å². The number of carbonyl (C=O) groups is 2. The smallest absolute Gasteiger partial charge is 0.294 e. The van der Waals surface area contributed by atoms with Gasteiger partial charge in [0.2, 0.25) is 11.8 Å². The van der Waals surface area contributed by atoms with Gasteiger partial charge in [0.1, 0.15) is 0 Å². The van der Waals surface area contributed by atoms with E-state index in [1.807, 2.05) is 102 Å². The molecule has 0 aliphatic rings. The van der Waals surface area contributed by atoms with Crippen LogP contribution in [0, 0.1) is 41.5 Å². The molecule has 71 heavy (non-hydrogen) atoms. The van der Waals surface area contributed by atoms with E-state index in [1.165, 1.54) is 6.07 Å². The molecule has 0 unspecified atom stereocenters. The molecule has 5 rings (SSSR count). The highest BCUT2D eigenvalue weighted by atomic mass is 32.2. The lowest BCUT2D eigenvalue weighted by atomic mass is 9.85. The summed E-state index contributed by atoms with van der Waals surface area (Å²) in [4.78, 5) is 29.8. The van der Waals surface area contributed by atoms with Crippen LogP contribution in [0.15, 0.2) is 88.7 Å². The lowest BCUT2D eigenvalue weighted by Gasteiger charge is -2.30. The van der Waals surface area contributed by atoms with Gasteiger partial charge in [-0.1, -0.05) is 42.5 Å². The molecule has 0 spiro atoms. The highest BCUT2D eigenvalue weighted by molar-refractivity contribution is 7.86. The first-order valence-corrected chi connectivity index (χ1v) is 27.1. The number of rotatable bonds is 21. The number of benzene rings is 5. The quantitative estimate of drug-likeness (QED) is 0.0301. The van der Waals surface area contributed by atoms with Gasteiger partial charge in [0.15, 0.2) is 0 Å². The number of amides is 2. The highest BCUT2D eigenvalue weighted by Crippen LogP contribution is 2.40. The average Bonchev–Trinajstić information content (AvgIpc) is 3.27. The Hall–Kier alpha value is -5.62. The van der Waals surface area contributed by atoms with Crippen molar-refractivity contribution in [1.29, 1.82) is 0 Å². The van der Waals surface area contributed by atoms with Gasteiger partial charge in [0, 0.05) is 90.1 Å². The van der Waals surface area contributed by atoms with Gasteiger partial charge in [-0.3, -0.25) is 28.5 Å². The van der Waals surface area contributed by atoms with Gasteiger partial charge >= 0.3 is 0 Å². The van der Waals surface area contributed by atoms with Crippen LogP contribution in [0.2, 0.25) is 0 Å². The van der Waals surface area contributed by atoms with Crippen molar-refractivity contribution < 1.29 is 35.5 Å². The molecule has 0 bridgehead atoms. The maximum Gasteiger partial charge on any atom is 0.294 e. The second kappa shape index (κ2) is 23.3. The molecule has 14 nitrogen and oxygen atoms in total. The number of carbonyl (C=O) groups excluding carboxylic acids is 2. The summed E-state index contributed by atoms with van der Waals surface area (Å²) in [5.41, 5.74) is 11.3. The van der Waals surface area contributed by atoms with E-state index in [9.17, 15) is 35.5 Å². The lowest BCUT2D eigenvalue weighted by molar-refractivity contribution is -0.117. The second-order valence-electron chi connectivity index (χ2n) is 19.8. The predicted molar refractivity (Wildman–Crippen MR) is 288 cm³/mol. The summed E-state index contributed by atoms with van der Waals surface area (Å²) in [6.07, 6.45) is 0.687. The lowest BCUT2D eigenvalue weighted by Crippen LogP contribution is -2.39. The standard InChI is InChI=1S/C55H74N6O8S2/c1-32(2)60(33(3)4)27-25-49(62)58-54-38(11)29-36(9)52(40(54)13)56-44-19-15-42(16-20-44)51(47-24-23-46(70(64,65)66)31-48(47)71(67,68)69)43-17-21-45(22-18-43)57-53-37(10)30-39(12)55(41(53)14)59-50(63)26-28-61(34(5)6)35(7)8/h15-24,29-35,51,56-57H,25-28H2,1-14H3,(H,58,62)(H,59,63)(H,64,65,66)(H,67,68,69). The number of nitrogens with one attached hydrogen (secondary N) is 4. The first-order chi connectivity index (χ1) is 33.1. The molecule has 5 aromatic carbocycles. The topological polar surface area (TPSA) is 197 Å². The second-order valence-corrected chi connectivity index (χ2v) is 22.6. The van der Waals surface area contributed by atoms with Crippen LogP contribution in [0.4, 0.5) is 34.1 Å². The molecule has 0 heterocycles. The van der Waals surface area contributed by atoms with E-state index in [1.54, 1.807) is 0 Å². The molecule has 0 atom stereocenters. The first-order valence-electron chi connectivity index (χ1n) is 24.2. The fourth-order valence-electron chi connectivity index (χ4n) is 9.73. The summed E-state index contributed by atoms with van der Waals surface area (Å²) in [5.74, 6) is -1.01. The van der Waals surface area contributed by atoms with Crippen LogP contribution in [0.5, 0.6) is 0 Å². The normalized spacial score (nSPS) is 12.3. The van der Waals surface area contributed by atoms with Crippen molar-refractivity contribution in [3.8, 4) is 0 Å². The Balaban J connectivity index is 1.49. The molecular formula is C55H74N6O8S2. The third kappa shape index (κ3) is 14.1. The highest BCUT2D eigenvalue weighted by Gasteiger charge is 2.28. The van der Waals surface area contributed by atoms with Crippen molar-refractivity contribution in [2.45, 2.75) is 150 Å². The Morgan fingerprint density at radius 2 is 0.845 bits per heavy atom. The van der Waals surface area contributed by atoms with Gasteiger partial charge in [-0.2, -0.15) is 16.8 Å². The van der Waals surface area contributed by atoms with Crippen LogP contribution in [0.3, 0.4) is 0 Å². The minimum atomic E-state index is -5.02. The van der Waals surface area contributed by atoms with Crippen LogP contribution in [0.25, 0.3) is 0 Å². The number of nitrogens with zero attached hydrogens (tertiary/aromatic N) is 2. The van der Waals surface area contributed by atoms with Gasteiger partial charge in [-0.05, 0) is 183 Å². The minimum absolute atomic E-state index is 0.0763. The van der Waals surface area contributed by atoms with E-state index in [4.69, 9.17) is 0 Å². The Kier molecular flexibility index (Phi) is 18.5. The van der Waals surface area contributed by atoms with Crippen LogP contribution >= 0.6 is 0 Å². The van der Waals surface area contributed by atoms with Crippen molar-refractivity contribution in [2.75, 3.05) is 34.4 Å². The SMILES string of the molecule is Cc1cc(C)c(Nc2ccc(C(c3ccc(Nc4c(C)cc(C)c(NC(=O)CCN(C(C)C)C(C)C)c4C)cc3)c3ccc(S(=O)(=O)O)cc3S(=O)(=O)O)cc2)c(C)c1NC(=O)CCN(C(C)C)C(C)C. The van der Waals surface area contributed by atoms with Crippen molar-refractivity contribution in [3.05, 3.63) is 129 Å². The Bertz CT molecular complexity index is 2790. The number of aryl methyl sites for hydroxylation is 4. The summed E-state index contributed by atoms with van der Waals surface area (Å²) >= 11 is 0. The Labute approximate surface area is 422 Å². The van der Waals surface area contributed by atoms with Crippen LogP contribution in [-0.4, -0.2) is 84.8 Å². The summed E-state index contributed by atoms with van der Waals surface area (Å²) < 4.78 is 70.9. The van der Waals surface area contributed by atoms with E-state index in [2.05, 4.69) is 86.5 Å². The molecule has 0 saturated heterocycles. The van der Waals surface area contributed by atoms with Crippen LogP contribution in [0.1, 0.15) is 124 Å². The fourth-order valence-corrected chi connectivity index (χ4v) is 11.1. The zero-order chi connectivity index (χ0) is 52.9. The first kappa shape index (κ1) is 56.3. The molecule has 0 aliphatic heterocycles. The predicted octanol–water partition coefficient (Wildman–Crippen LogP) is 11.6. The van der Waals surface area contributed by atoms with Crippen LogP contribution < -0.4 is 21.3 Å². The Morgan fingerprint density at radius 3 is 1.17 bits per heavy atom. The third-order valence-electron chi connectivity index (χ3n) is 13.2. The molecule has 0 saturated carbocycles. The van der Waals surface area contributed by atoms with E-state index in [0.29, 0.717) is 72.6 Å². The third-order valence-corrected chi connectivity index (χ3v) is 15.0. The molecule has 5 aromatic rings. The Morgan fingerprint density at radius 1 is 0.493 bits per heavy atom. The zero-order valence-corrected chi connectivity index (χ0v) is 45.4. The summed E-state index contributed by atoms with van der Waals surface area (Å²) in [7, 11) is -9.86. The van der Waals surface area contributed by atoms with Crippen LogP contribution in [-0.2, 0) is 29.8 Å². The maximum absolute atomic E-state index is 13.3. The monoisotopic (exact) mass is 1010 g/mol. The number of hydrogen-bond acceptors (Lipinski definition) is 10. The fraction of sp³-hybridized carbons (Fsp3) is 0.418. The van der Waals surface area contributed by atoms with Gasteiger partial charge in [-0.25, -0.2) is 0 Å². The molecule has 0 aliphatic carbocycles. The minimum Gasteiger partial charge on any atom is -0.355 e. The largest absolute Gasteiger partial charge is 0.355 e. The molecule has 0 fully saturated rings. The van der Waals surface area contributed by atoms with Gasteiger partial charge in [-0.15, -0.1) is 0 Å². The van der Waals surface area contributed by atoms with Crippen molar-refractivity contribution in [1.82, 2.24) is 9.80 Å². The van der Waals surface area contributed by atoms with Crippen molar-refractivity contribution in [3.63, 3.8) is 0 Å². The molecule has 2 amide bonds. The number of hydrogen-bond donors (Lipinski definition) is 6. The zero-order valence-electron chi connectivity index (χ0n) is 43.8. The average molecular weight is 1010 g/mol. The molecule has 6 N–H and O–H groups in total. The summed E-state index contributed by atoms with van der Waals surface area (Å²) in [6, 6.07) is 23.0. The summed E-state index contributed by atoms with van der Waals surface area (Å²) in [6.45, 7) is 30.1. The van der Waals surface area contributed by atoms with Gasteiger partial charge in [0.25, 0.3) is 20.2 Å². The van der Waals surface area contributed by atoms with E-state index in [0.717, 1.165) is 68.3 Å². The molecule has 16 heteroatoms. The molecule has 0 radical (unpaired) electrons. The number of anilines is 6. The van der Waals surface area contributed by atoms with Crippen molar-refractivity contribution in [2.24, 2.45) is 0 Å². The van der Waals surface area contributed by atoms with Gasteiger partial charge < -0.3 is 21.3 Å². The van der Waals surface area contributed by atoms with E-state index >= 15 is 0 Å². The van der Waals surface area contributed by atoms with E-state index in [-0.39, 0.29) is 17.4 Å². The van der Waals surface area contributed by atoms with Gasteiger partial charge in [0.05, 0.1) is 9.79 Å². The summed E-state index contributed by atoms with van der Waals surface area (Å²) in [5, 5.41) is 13.3. The maximum atomic E-state index is 13.3.